The summed E-state index contributed by atoms with van der Waals surface area (Å²) in [6.45, 7) is 5.91. The van der Waals surface area contributed by atoms with Crippen molar-refractivity contribution in [3.8, 4) is 16.3 Å². The molecule has 29 heavy (non-hydrogen) atoms. The van der Waals surface area contributed by atoms with Crippen molar-refractivity contribution in [2.45, 2.75) is 27.2 Å². The summed E-state index contributed by atoms with van der Waals surface area (Å²) in [6, 6.07) is 13.5. The molecule has 2 heterocycles. The molecule has 2 aromatic heterocycles. The number of fused-ring (bicyclic) bond motifs is 1. The highest BCUT2D eigenvalue weighted by molar-refractivity contribution is 7.19. The third kappa shape index (κ3) is 4.12. The number of ether oxygens (including phenoxy) is 1. The van der Waals surface area contributed by atoms with E-state index in [1.165, 1.54) is 11.3 Å². The Morgan fingerprint density at radius 2 is 2.03 bits per heavy atom. The number of nitrogens with one attached hydrogen (secondary N) is 1. The highest BCUT2D eigenvalue weighted by Crippen LogP contribution is 2.29. The fourth-order valence-corrected chi connectivity index (χ4v) is 3.78. The number of carbonyl (C=O) groups is 1. The fourth-order valence-electron chi connectivity index (χ4n) is 2.92. The zero-order valence-corrected chi connectivity index (χ0v) is 17.3. The van der Waals surface area contributed by atoms with Gasteiger partial charge in [-0.1, -0.05) is 42.5 Å². The predicted octanol–water partition coefficient (Wildman–Crippen LogP) is 4.05. The van der Waals surface area contributed by atoms with Crippen LogP contribution in [-0.2, 0) is 11.2 Å². The lowest BCUT2D eigenvalue weighted by molar-refractivity contribution is -0.118. The van der Waals surface area contributed by atoms with E-state index in [9.17, 15) is 4.79 Å². The third-order valence-corrected chi connectivity index (χ3v) is 5.44. The highest BCUT2D eigenvalue weighted by atomic mass is 32.1. The van der Waals surface area contributed by atoms with Crippen molar-refractivity contribution in [1.29, 1.82) is 0 Å². The summed E-state index contributed by atoms with van der Waals surface area (Å²) < 4.78 is 7.36. The maximum Gasteiger partial charge on any atom is 0.262 e. The first kappa shape index (κ1) is 19.1. The average molecular weight is 407 g/mol. The molecular formula is C21H21N5O2S. The Bertz CT molecular complexity index is 1180. The summed E-state index contributed by atoms with van der Waals surface area (Å²) in [5.74, 6) is 1.30. The summed E-state index contributed by atoms with van der Waals surface area (Å²) in [6.07, 6.45) is 0.764. The Kier molecular flexibility index (Phi) is 5.26. The van der Waals surface area contributed by atoms with E-state index in [0.717, 1.165) is 44.6 Å². The number of anilines is 1. The molecule has 0 saturated carbocycles. The molecule has 8 heteroatoms. The second kappa shape index (κ2) is 8.00. The molecule has 0 bridgehead atoms. The van der Waals surface area contributed by atoms with Crippen LogP contribution in [0.2, 0.25) is 0 Å². The highest BCUT2D eigenvalue weighted by Gasteiger charge is 2.14. The minimum atomic E-state index is -0.210. The monoisotopic (exact) mass is 407 g/mol. The Hall–Kier alpha value is -3.26. The Morgan fingerprint density at radius 3 is 2.83 bits per heavy atom. The van der Waals surface area contributed by atoms with Gasteiger partial charge in [-0.3, -0.25) is 4.79 Å². The normalized spacial score (nSPS) is 11.0. The molecule has 7 nitrogen and oxygen atoms in total. The smallest absolute Gasteiger partial charge is 0.262 e. The molecule has 4 aromatic rings. The van der Waals surface area contributed by atoms with Crippen LogP contribution in [-0.4, -0.2) is 32.3 Å². The summed E-state index contributed by atoms with van der Waals surface area (Å²) >= 11 is 1.47. The molecule has 0 aliphatic carbocycles. The molecular weight excluding hydrogens is 386 g/mol. The molecule has 0 spiro atoms. The van der Waals surface area contributed by atoms with Crippen LogP contribution >= 0.6 is 11.3 Å². The number of rotatable bonds is 6. The minimum Gasteiger partial charge on any atom is -0.484 e. The first-order valence-corrected chi connectivity index (χ1v) is 10.2. The van der Waals surface area contributed by atoms with Gasteiger partial charge in [0, 0.05) is 17.7 Å². The molecule has 1 N–H and O–H groups in total. The summed E-state index contributed by atoms with van der Waals surface area (Å²) in [5, 5.41) is 16.7. The van der Waals surface area contributed by atoms with Crippen molar-refractivity contribution in [3.63, 3.8) is 0 Å². The number of carbonyl (C=O) groups excluding carboxylic acids is 1. The topological polar surface area (TPSA) is 81.4 Å². The molecule has 0 unspecified atom stereocenters. The van der Waals surface area contributed by atoms with Gasteiger partial charge < -0.3 is 10.1 Å². The summed E-state index contributed by atoms with van der Waals surface area (Å²) in [7, 11) is 0. The molecule has 0 aliphatic heterocycles. The van der Waals surface area contributed by atoms with E-state index in [2.05, 4.69) is 20.6 Å². The number of nitrogens with zero attached hydrogens (tertiary/aromatic N) is 4. The average Bonchev–Trinajstić information content (AvgIpc) is 3.29. The second-order valence-corrected chi connectivity index (χ2v) is 7.71. The van der Waals surface area contributed by atoms with Crippen molar-refractivity contribution >= 4 is 27.9 Å². The largest absolute Gasteiger partial charge is 0.484 e. The van der Waals surface area contributed by atoms with Crippen LogP contribution in [0.3, 0.4) is 0 Å². The number of aryl methyl sites for hydroxylation is 3. The van der Waals surface area contributed by atoms with Gasteiger partial charge in [0.15, 0.2) is 12.4 Å². The quantitative estimate of drug-likeness (QED) is 0.521. The van der Waals surface area contributed by atoms with Gasteiger partial charge in [-0.15, -0.1) is 10.2 Å². The van der Waals surface area contributed by atoms with Gasteiger partial charge in [0.25, 0.3) is 5.91 Å². The van der Waals surface area contributed by atoms with Crippen LogP contribution in [0.5, 0.6) is 5.75 Å². The van der Waals surface area contributed by atoms with E-state index in [-0.39, 0.29) is 12.5 Å². The molecule has 1 amide bonds. The maximum absolute atomic E-state index is 12.4. The Morgan fingerprint density at radius 1 is 1.17 bits per heavy atom. The first-order chi connectivity index (χ1) is 14.0. The van der Waals surface area contributed by atoms with Crippen LogP contribution in [0.15, 0.2) is 42.5 Å². The molecule has 0 fully saturated rings. The van der Waals surface area contributed by atoms with Crippen LogP contribution in [0.4, 0.5) is 5.69 Å². The minimum absolute atomic E-state index is 0.0519. The number of hydrogen-bond donors (Lipinski definition) is 1. The number of hydrogen-bond acceptors (Lipinski definition) is 6. The van der Waals surface area contributed by atoms with E-state index in [1.54, 1.807) is 4.52 Å². The molecule has 2 aromatic carbocycles. The molecule has 148 valence electrons. The van der Waals surface area contributed by atoms with Crippen LogP contribution < -0.4 is 10.1 Å². The first-order valence-electron chi connectivity index (χ1n) is 9.35. The van der Waals surface area contributed by atoms with Gasteiger partial charge in [-0.2, -0.15) is 9.61 Å². The van der Waals surface area contributed by atoms with Crippen LogP contribution in [0.1, 0.15) is 23.9 Å². The van der Waals surface area contributed by atoms with Crippen molar-refractivity contribution in [2.24, 2.45) is 0 Å². The van der Waals surface area contributed by atoms with Gasteiger partial charge >= 0.3 is 0 Å². The van der Waals surface area contributed by atoms with Gasteiger partial charge in [0.2, 0.25) is 4.96 Å². The Balaban J connectivity index is 1.50. The summed E-state index contributed by atoms with van der Waals surface area (Å²) in [5.41, 5.74) is 3.71. The van der Waals surface area contributed by atoms with E-state index >= 15 is 0 Å². The molecule has 0 saturated heterocycles. The molecule has 4 rings (SSSR count). The lowest BCUT2D eigenvalue weighted by atomic mass is 10.1. The number of benzene rings is 2. The van der Waals surface area contributed by atoms with E-state index in [4.69, 9.17) is 4.74 Å². The van der Waals surface area contributed by atoms with E-state index in [0.29, 0.717) is 5.75 Å². The van der Waals surface area contributed by atoms with Crippen molar-refractivity contribution in [1.82, 2.24) is 19.8 Å². The molecule has 0 aliphatic rings. The Labute approximate surface area is 172 Å². The van der Waals surface area contributed by atoms with Gasteiger partial charge in [0.05, 0.1) is 0 Å². The second-order valence-electron chi connectivity index (χ2n) is 6.75. The summed E-state index contributed by atoms with van der Waals surface area (Å²) in [4.78, 5) is 13.1. The predicted molar refractivity (Wildman–Crippen MR) is 114 cm³/mol. The number of aromatic nitrogens is 4. The standard InChI is InChI=1S/C21H21N5O2S/c1-4-18-23-24-21-26(18)25-20(29-21)15-9-8-14(3)17(11-15)22-19(27)12-28-16-7-5-6-13(2)10-16/h5-11H,4,12H2,1-3H3,(H,22,27). The van der Waals surface area contributed by atoms with E-state index < -0.39 is 0 Å². The fraction of sp³-hybridized carbons (Fsp3) is 0.238. The molecule has 0 atom stereocenters. The SMILES string of the molecule is CCc1nnc2sc(-c3ccc(C)c(NC(=O)COc4cccc(C)c4)c3)nn12. The van der Waals surface area contributed by atoms with Crippen molar-refractivity contribution in [3.05, 3.63) is 59.4 Å². The van der Waals surface area contributed by atoms with Crippen LogP contribution in [0, 0.1) is 13.8 Å². The molecule has 0 radical (unpaired) electrons. The zero-order valence-electron chi connectivity index (χ0n) is 16.5. The lowest BCUT2D eigenvalue weighted by Crippen LogP contribution is -2.20. The van der Waals surface area contributed by atoms with Crippen molar-refractivity contribution < 1.29 is 9.53 Å². The van der Waals surface area contributed by atoms with Gasteiger partial charge in [-0.25, -0.2) is 0 Å². The number of amides is 1. The van der Waals surface area contributed by atoms with Gasteiger partial charge in [-0.05, 0) is 43.2 Å². The van der Waals surface area contributed by atoms with Crippen LogP contribution in [0.25, 0.3) is 15.5 Å². The zero-order chi connectivity index (χ0) is 20.4. The van der Waals surface area contributed by atoms with Gasteiger partial charge in [0.1, 0.15) is 10.8 Å². The van der Waals surface area contributed by atoms with E-state index in [1.807, 2.05) is 63.2 Å². The lowest BCUT2D eigenvalue weighted by Gasteiger charge is -2.11. The maximum atomic E-state index is 12.4. The van der Waals surface area contributed by atoms with Crippen molar-refractivity contribution in [2.75, 3.05) is 11.9 Å². The third-order valence-electron chi connectivity index (χ3n) is 4.49.